The van der Waals surface area contributed by atoms with Crippen LogP contribution in [0.3, 0.4) is 0 Å². The molecule has 0 atom stereocenters. The topological polar surface area (TPSA) is 500 Å². The fourth-order valence-corrected chi connectivity index (χ4v) is 17.9. The molecule has 10 N–H and O–H groups in total. The Kier molecular flexibility index (Phi) is 22.4. The fourth-order valence-electron chi connectivity index (χ4n) is 10.5. The molecule has 6 rings (SSSR count). The monoisotopic (exact) mass is 1440 g/mol. The average Bonchev–Trinajstić information content (AvgIpc) is 1.50. The minimum Gasteiger partial charge on any atom is -0.481 e. The van der Waals surface area contributed by atoms with Crippen LogP contribution in [0.1, 0.15) is 70.9 Å². The predicted molar refractivity (Wildman–Crippen MR) is 331 cm³/mol. The third-order valence-corrected chi connectivity index (χ3v) is 24.0. The van der Waals surface area contributed by atoms with Gasteiger partial charge in [-0.25, -0.2) is 52.6 Å². The molecule has 40 heteroatoms. The molecule has 0 saturated carbocycles. The highest BCUT2D eigenvalue weighted by Crippen LogP contribution is 2.52. The predicted octanol–water partition coefficient (Wildman–Crippen LogP) is 1.75. The molecule has 2 aliphatic rings. The summed E-state index contributed by atoms with van der Waals surface area (Å²) in [4.78, 5) is 10.4. The molecule has 500 valence electrons. The molecule has 0 aliphatic carbocycles. The number of carbonyl (C=O) groups is 1. The third kappa shape index (κ3) is 18.7. The summed E-state index contributed by atoms with van der Waals surface area (Å²) in [6.45, 7) is 3.41. The molecule has 31 nitrogen and oxygen atoms in total. The summed E-state index contributed by atoms with van der Waals surface area (Å²) < 4.78 is 285. The van der Waals surface area contributed by atoms with Gasteiger partial charge in [0.15, 0.2) is 5.71 Å². The normalized spacial score (nSPS) is 16.5. The van der Waals surface area contributed by atoms with Crippen molar-refractivity contribution in [3.63, 3.8) is 0 Å². The van der Waals surface area contributed by atoms with Crippen molar-refractivity contribution in [2.24, 2.45) is 0 Å². The quantitative estimate of drug-likeness (QED) is 0.0141. The number of hydrogen-bond acceptors (Lipinski definition) is 20. The molecule has 0 bridgehead atoms. The van der Waals surface area contributed by atoms with Gasteiger partial charge in [-0.1, -0.05) is 44.6 Å². The van der Waals surface area contributed by atoms with Crippen LogP contribution in [0, 0.1) is 0 Å². The van der Waals surface area contributed by atoms with Crippen molar-refractivity contribution < 1.29 is 113 Å². The van der Waals surface area contributed by atoms with Crippen LogP contribution >= 0.6 is 0 Å². The first kappa shape index (κ1) is 73.8. The fraction of sp³-hybridized carbons (Fsp3) is 0.440. The molecule has 0 amide bonds. The van der Waals surface area contributed by atoms with Gasteiger partial charge >= 0.3 is 5.97 Å². The summed E-state index contributed by atoms with van der Waals surface area (Å²) in [7, 11) is -42.8. The molecular weight excluding hydrogens is 1370 g/mol. The summed E-state index contributed by atoms with van der Waals surface area (Å²) in [6.07, 6.45) is 8.72. The lowest BCUT2D eigenvalue weighted by Gasteiger charge is -2.27. The van der Waals surface area contributed by atoms with E-state index >= 15 is 0 Å². The van der Waals surface area contributed by atoms with Gasteiger partial charge in [0.2, 0.25) is 45.8 Å². The van der Waals surface area contributed by atoms with E-state index in [1.165, 1.54) is 18.2 Å². The second-order valence-corrected chi connectivity index (χ2v) is 36.6. The van der Waals surface area contributed by atoms with E-state index in [0.717, 1.165) is 24.3 Å². The number of sulfonamides is 4. The highest BCUT2D eigenvalue weighted by atomic mass is 32.2. The first-order valence-electron chi connectivity index (χ1n) is 26.8. The van der Waals surface area contributed by atoms with Crippen LogP contribution < -0.4 is 23.8 Å². The molecule has 0 fully saturated rings. The standard InChI is InChI=1S/C50H66N6O25S9/c1-49(2)44(55(23-10-6-9-14-46(57)58)40-17-15-36-38(47(40)49)30-34(87(74,75)51-19-26-83(62,63)64)32-42(36)89(78,79)53-21-28-85(68,69)70)12-7-5-8-13-45-50(3,4)48-39-31-35(88(76,77)52-20-27-84(65,66)67)33-43(90(80,81)54-22-29-86(71,72)73)37(39)16-18-41(48)56(45)24-11-25-82(59,60)61/h5,7-8,12-13,15-18,30-33,51-54H,6,9-11,14,19-29H2,1-4H3,(H5-,57,58,59,60,61,62,63,64,65,66,67,68,69,70,71,72,73)/p+1. The first-order chi connectivity index (χ1) is 41.1. The Morgan fingerprint density at radius 3 is 1.37 bits per heavy atom. The number of nitrogens with zero attached hydrogens (tertiary/aromatic N) is 2. The second kappa shape index (κ2) is 27.4. The van der Waals surface area contributed by atoms with Gasteiger partial charge < -0.3 is 10.0 Å². The molecule has 2 aliphatic heterocycles. The minimum atomic E-state index is -4.88. The maximum atomic E-state index is 14.1. The Bertz CT molecular complexity index is 4740. The third-order valence-electron chi connectivity index (χ3n) is 14.4. The SMILES string of the molecule is CC1(C)C(/C=C/C=C/C=C2/N(CCCCCC(=O)O)c3ccc4c(S(=O)(=O)NCCS(=O)(=O)O)cc(S(=O)(=O)NCCS(=O)(=O)O)cc4c3C2(C)C)=[N+](CCCS(=O)(=O)O)c2ccc3c(S(=O)(=O)NCCS(=O)(=O)O)cc(S(=O)(=O)NCCS(=O)(=O)O)cc3c21. The summed E-state index contributed by atoms with van der Waals surface area (Å²) in [5.41, 5.74) is -0.262. The Morgan fingerprint density at radius 2 is 0.922 bits per heavy atom. The van der Waals surface area contributed by atoms with Crippen molar-refractivity contribution in [2.75, 3.05) is 72.9 Å². The summed E-state index contributed by atoms with van der Waals surface area (Å²) in [6, 6.07) is 9.42. The molecule has 0 aromatic heterocycles. The van der Waals surface area contributed by atoms with E-state index in [4.69, 9.17) is 0 Å². The molecule has 4 aromatic carbocycles. The average molecular weight is 1440 g/mol. The smallest absolute Gasteiger partial charge is 0.303 e. The molecule has 2 heterocycles. The van der Waals surface area contributed by atoms with E-state index in [9.17, 15) is 108 Å². The zero-order chi connectivity index (χ0) is 67.6. The zero-order valence-electron chi connectivity index (χ0n) is 48.3. The van der Waals surface area contributed by atoms with Gasteiger partial charge in [-0.15, -0.1) is 0 Å². The molecule has 0 spiro atoms. The van der Waals surface area contributed by atoms with Crippen molar-refractivity contribution in [3.05, 3.63) is 95.7 Å². The van der Waals surface area contributed by atoms with Crippen LogP contribution in [-0.2, 0) is 106 Å². The molecule has 0 unspecified atom stereocenters. The van der Waals surface area contributed by atoms with Crippen molar-refractivity contribution in [3.8, 4) is 0 Å². The Labute approximate surface area is 522 Å². The number of hydrogen-bond donors (Lipinski definition) is 10. The number of benzene rings is 4. The number of fused-ring (bicyclic) bond motifs is 6. The van der Waals surface area contributed by atoms with Crippen molar-refractivity contribution in [2.45, 2.75) is 90.2 Å². The Hall–Kier alpha value is -5.25. The largest absolute Gasteiger partial charge is 0.481 e. The van der Waals surface area contributed by atoms with Crippen LogP contribution in [-0.4, -0.2) is 188 Å². The highest BCUT2D eigenvalue weighted by molar-refractivity contribution is 7.91. The number of carboxylic acid groups (broad SMARTS) is 1. The maximum Gasteiger partial charge on any atom is 0.303 e. The van der Waals surface area contributed by atoms with Crippen LogP contribution in [0.15, 0.2) is 104 Å². The van der Waals surface area contributed by atoms with E-state index in [1.807, 2.05) is 23.8 Å². The van der Waals surface area contributed by atoms with Gasteiger partial charge in [0.25, 0.3) is 50.6 Å². The molecule has 90 heavy (non-hydrogen) atoms. The molecule has 0 saturated heterocycles. The van der Waals surface area contributed by atoms with E-state index < -0.39 is 182 Å². The lowest BCUT2D eigenvalue weighted by molar-refractivity contribution is -0.437. The molecular formula is C50H67N6O25S9+. The first-order valence-corrected chi connectivity index (χ1v) is 40.7. The molecule has 0 radical (unpaired) electrons. The summed E-state index contributed by atoms with van der Waals surface area (Å²) >= 11 is 0. The Morgan fingerprint density at radius 1 is 0.489 bits per heavy atom. The Balaban J connectivity index is 1.53. The van der Waals surface area contributed by atoms with Crippen LogP contribution in [0.4, 0.5) is 11.4 Å². The van der Waals surface area contributed by atoms with Gasteiger partial charge in [0.05, 0.1) is 53.8 Å². The van der Waals surface area contributed by atoms with Gasteiger partial charge in [-0.2, -0.15) is 46.7 Å². The number of carboxylic acids is 1. The van der Waals surface area contributed by atoms with Crippen molar-refractivity contribution in [1.29, 1.82) is 0 Å². The van der Waals surface area contributed by atoms with E-state index in [0.29, 0.717) is 35.5 Å². The van der Waals surface area contributed by atoms with E-state index in [-0.39, 0.29) is 65.1 Å². The van der Waals surface area contributed by atoms with Gasteiger partial charge in [-0.3, -0.25) is 27.6 Å². The molecule has 4 aromatic rings. The maximum absolute atomic E-state index is 14.1. The lowest BCUT2D eigenvalue weighted by atomic mass is 9.79. The van der Waals surface area contributed by atoms with Crippen molar-refractivity contribution in [1.82, 2.24) is 18.9 Å². The number of unbranched alkanes of at least 4 members (excludes halogenated alkanes) is 2. The summed E-state index contributed by atoms with van der Waals surface area (Å²) in [5, 5.41) is 9.14. The number of aliphatic carboxylic acids is 1. The number of allylic oxidation sites excluding steroid dienone is 6. The van der Waals surface area contributed by atoms with Crippen LogP contribution in [0.5, 0.6) is 0 Å². The van der Waals surface area contributed by atoms with Gasteiger partial charge in [0, 0.05) is 90.8 Å². The summed E-state index contributed by atoms with van der Waals surface area (Å²) in [5.74, 6) is -6.07. The number of rotatable bonds is 33. The second-order valence-electron chi connectivity index (χ2n) is 21.8. The van der Waals surface area contributed by atoms with E-state index in [1.54, 1.807) is 68.7 Å². The van der Waals surface area contributed by atoms with E-state index in [2.05, 4.69) is 0 Å². The van der Waals surface area contributed by atoms with Gasteiger partial charge in [-0.05, 0) is 85.5 Å². The van der Waals surface area contributed by atoms with Gasteiger partial charge in [0.1, 0.15) is 6.54 Å². The minimum absolute atomic E-state index is 0.0331. The lowest BCUT2D eigenvalue weighted by Crippen LogP contribution is -2.31. The van der Waals surface area contributed by atoms with Crippen LogP contribution in [0.2, 0.25) is 0 Å². The zero-order valence-corrected chi connectivity index (χ0v) is 55.7. The van der Waals surface area contributed by atoms with Crippen LogP contribution in [0.25, 0.3) is 21.5 Å². The number of anilines is 1. The van der Waals surface area contributed by atoms with Crippen molar-refractivity contribution >= 4 is 135 Å². The highest BCUT2D eigenvalue weighted by Gasteiger charge is 2.47. The number of nitrogens with one attached hydrogen (secondary N) is 4.